The van der Waals surface area contributed by atoms with E-state index < -0.39 is 0 Å². The minimum Gasteiger partial charge on any atom is -0.469 e. The third-order valence-corrected chi connectivity index (χ3v) is 3.03. The van der Waals surface area contributed by atoms with Crippen LogP contribution in [0.2, 0.25) is 0 Å². The number of amides is 1. The second-order valence-corrected chi connectivity index (χ2v) is 4.62. The SMILES string of the molecule is CCCc1[nH]nc(C(=O)N(C)CCCC(=O)OC)c1N. The molecule has 0 atom stereocenters. The first-order valence-electron chi connectivity index (χ1n) is 6.66. The molecule has 0 bridgehead atoms. The van der Waals surface area contributed by atoms with Crippen LogP contribution in [0.4, 0.5) is 5.69 Å². The molecule has 0 saturated carbocycles. The van der Waals surface area contributed by atoms with Gasteiger partial charge in [0.25, 0.3) is 5.91 Å². The van der Waals surface area contributed by atoms with Crippen molar-refractivity contribution in [1.29, 1.82) is 0 Å². The molecule has 112 valence electrons. The van der Waals surface area contributed by atoms with Crippen LogP contribution in [0.1, 0.15) is 42.4 Å². The van der Waals surface area contributed by atoms with E-state index in [9.17, 15) is 9.59 Å². The van der Waals surface area contributed by atoms with Gasteiger partial charge in [0.1, 0.15) is 0 Å². The number of carbonyl (C=O) groups excluding carboxylic acids is 2. The Morgan fingerprint density at radius 3 is 2.75 bits per heavy atom. The number of nitrogens with zero attached hydrogens (tertiary/aromatic N) is 2. The van der Waals surface area contributed by atoms with Gasteiger partial charge in [-0.1, -0.05) is 13.3 Å². The molecule has 1 rings (SSSR count). The topological polar surface area (TPSA) is 101 Å². The summed E-state index contributed by atoms with van der Waals surface area (Å²) in [4.78, 5) is 24.7. The second-order valence-electron chi connectivity index (χ2n) is 4.62. The van der Waals surface area contributed by atoms with Gasteiger partial charge >= 0.3 is 5.97 Å². The highest BCUT2D eigenvalue weighted by atomic mass is 16.5. The van der Waals surface area contributed by atoms with Gasteiger partial charge in [0.15, 0.2) is 5.69 Å². The lowest BCUT2D eigenvalue weighted by Crippen LogP contribution is -2.29. The summed E-state index contributed by atoms with van der Waals surface area (Å²) in [6.07, 6.45) is 2.51. The van der Waals surface area contributed by atoms with E-state index in [1.54, 1.807) is 7.05 Å². The quantitative estimate of drug-likeness (QED) is 0.726. The van der Waals surface area contributed by atoms with Crippen LogP contribution in [0.3, 0.4) is 0 Å². The summed E-state index contributed by atoms with van der Waals surface area (Å²) >= 11 is 0. The van der Waals surface area contributed by atoms with Gasteiger partial charge in [-0.05, 0) is 12.8 Å². The molecule has 0 aliphatic rings. The molecule has 0 aliphatic heterocycles. The molecule has 7 heteroatoms. The Morgan fingerprint density at radius 1 is 1.45 bits per heavy atom. The largest absolute Gasteiger partial charge is 0.469 e. The number of nitrogens with two attached hydrogens (primary N) is 1. The zero-order chi connectivity index (χ0) is 15.1. The Bertz CT molecular complexity index is 470. The molecule has 0 spiro atoms. The third-order valence-electron chi connectivity index (χ3n) is 3.03. The molecule has 0 radical (unpaired) electrons. The highest BCUT2D eigenvalue weighted by Gasteiger charge is 2.20. The summed E-state index contributed by atoms with van der Waals surface area (Å²) in [5.41, 5.74) is 7.36. The highest BCUT2D eigenvalue weighted by Crippen LogP contribution is 2.17. The molecule has 0 aliphatic carbocycles. The summed E-state index contributed by atoms with van der Waals surface area (Å²) in [5, 5.41) is 6.78. The van der Waals surface area contributed by atoms with Crippen molar-refractivity contribution < 1.29 is 14.3 Å². The first-order valence-corrected chi connectivity index (χ1v) is 6.66. The second kappa shape index (κ2) is 7.52. The van der Waals surface area contributed by atoms with Crippen molar-refractivity contribution in [3.63, 3.8) is 0 Å². The van der Waals surface area contributed by atoms with E-state index in [0.717, 1.165) is 18.5 Å². The van der Waals surface area contributed by atoms with E-state index in [1.807, 2.05) is 6.92 Å². The number of aromatic amines is 1. The fraction of sp³-hybridized carbons (Fsp3) is 0.615. The molecule has 1 aromatic rings. The summed E-state index contributed by atoms with van der Waals surface area (Å²) in [6, 6.07) is 0. The lowest BCUT2D eigenvalue weighted by molar-refractivity contribution is -0.140. The van der Waals surface area contributed by atoms with Crippen molar-refractivity contribution in [3.05, 3.63) is 11.4 Å². The molecule has 0 unspecified atom stereocenters. The average molecular weight is 282 g/mol. The number of methoxy groups -OCH3 is 1. The van der Waals surface area contributed by atoms with E-state index in [2.05, 4.69) is 14.9 Å². The maximum atomic E-state index is 12.2. The fourth-order valence-corrected chi connectivity index (χ4v) is 1.84. The number of rotatable bonds is 7. The zero-order valence-corrected chi connectivity index (χ0v) is 12.2. The van der Waals surface area contributed by atoms with Crippen LogP contribution in [0.15, 0.2) is 0 Å². The van der Waals surface area contributed by atoms with Crippen molar-refractivity contribution >= 4 is 17.6 Å². The average Bonchev–Trinajstić information content (AvgIpc) is 2.79. The Balaban J connectivity index is 2.58. The van der Waals surface area contributed by atoms with Gasteiger partial charge < -0.3 is 15.4 Å². The molecule has 0 aromatic carbocycles. The minimum atomic E-state index is -0.282. The van der Waals surface area contributed by atoms with Crippen LogP contribution in [0.25, 0.3) is 0 Å². The first kappa shape index (κ1) is 16.0. The van der Waals surface area contributed by atoms with Crippen LogP contribution in [-0.4, -0.2) is 47.7 Å². The number of hydrogen-bond acceptors (Lipinski definition) is 5. The number of aryl methyl sites for hydroxylation is 1. The maximum absolute atomic E-state index is 12.2. The van der Waals surface area contributed by atoms with Crippen LogP contribution in [0.5, 0.6) is 0 Å². The molecule has 3 N–H and O–H groups in total. The van der Waals surface area contributed by atoms with Crippen LogP contribution < -0.4 is 5.73 Å². The number of anilines is 1. The summed E-state index contributed by atoms with van der Waals surface area (Å²) in [7, 11) is 3.00. The predicted molar refractivity (Wildman–Crippen MR) is 75.2 cm³/mol. The Morgan fingerprint density at radius 2 is 2.15 bits per heavy atom. The number of aromatic nitrogens is 2. The van der Waals surface area contributed by atoms with E-state index in [4.69, 9.17) is 5.73 Å². The zero-order valence-electron chi connectivity index (χ0n) is 12.2. The number of H-pyrrole nitrogens is 1. The highest BCUT2D eigenvalue weighted by molar-refractivity contribution is 5.97. The lowest BCUT2D eigenvalue weighted by Gasteiger charge is -2.15. The number of nitrogens with one attached hydrogen (secondary N) is 1. The molecule has 20 heavy (non-hydrogen) atoms. The normalized spacial score (nSPS) is 10.3. The van der Waals surface area contributed by atoms with Crippen LogP contribution in [-0.2, 0) is 16.0 Å². The van der Waals surface area contributed by atoms with E-state index in [1.165, 1.54) is 12.0 Å². The predicted octanol–water partition coefficient (Wildman–Crippen LogP) is 0.970. The molecule has 7 nitrogen and oxygen atoms in total. The molecule has 1 heterocycles. The monoisotopic (exact) mass is 282 g/mol. The van der Waals surface area contributed by atoms with E-state index >= 15 is 0 Å². The van der Waals surface area contributed by atoms with Gasteiger partial charge in [0.2, 0.25) is 0 Å². The molecule has 0 fully saturated rings. The lowest BCUT2D eigenvalue weighted by atomic mass is 10.2. The molecule has 0 saturated heterocycles. The standard InChI is InChI=1S/C13H22N4O3/c1-4-6-9-11(14)12(16-15-9)13(19)17(2)8-5-7-10(18)20-3/h4-8,14H2,1-3H3,(H,15,16). The van der Waals surface area contributed by atoms with Crippen molar-refractivity contribution in [2.24, 2.45) is 0 Å². The van der Waals surface area contributed by atoms with Crippen molar-refractivity contribution in [1.82, 2.24) is 15.1 Å². The minimum absolute atomic E-state index is 0.244. The maximum Gasteiger partial charge on any atom is 0.305 e. The van der Waals surface area contributed by atoms with Gasteiger partial charge in [-0.25, -0.2) is 0 Å². The number of ether oxygens (including phenoxy) is 1. The Kier molecular flexibility index (Phi) is 6.02. The number of nitrogen functional groups attached to an aromatic ring is 1. The van der Waals surface area contributed by atoms with Gasteiger partial charge in [-0.3, -0.25) is 14.7 Å². The molecular weight excluding hydrogens is 260 g/mol. The van der Waals surface area contributed by atoms with Gasteiger partial charge in [-0.15, -0.1) is 0 Å². The van der Waals surface area contributed by atoms with Crippen LogP contribution in [0, 0.1) is 0 Å². The fourth-order valence-electron chi connectivity index (χ4n) is 1.84. The number of esters is 1. The van der Waals surface area contributed by atoms with Gasteiger partial charge in [-0.2, -0.15) is 5.10 Å². The van der Waals surface area contributed by atoms with Gasteiger partial charge in [0, 0.05) is 20.0 Å². The van der Waals surface area contributed by atoms with Crippen LogP contribution >= 0.6 is 0 Å². The van der Waals surface area contributed by atoms with Gasteiger partial charge in [0.05, 0.1) is 18.5 Å². The molecular formula is C13H22N4O3. The van der Waals surface area contributed by atoms with Crippen molar-refractivity contribution in [2.75, 3.05) is 26.4 Å². The third kappa shape index (κ3) is 3.97. The smallest absolute Gasteiger partial charge is 0.305 e. The summed E-state index contributed by atoms with van der Waals surface area (Å²) in [6.45, 7) is 2.48. The van der Waals surface area contributed by atoms with E-state index in [-0.39, 0.29) is 24.0 Å². The Labute approximate surface area is 118 Å². The summed E-state index contributed by atoms with van der Waals surface area (Å²) in [5.74, 6) is -0.527. The Hall–Kier alpha value is -2.05. The van der Waals surface area contributed by atoms with Crippen molar-refractivity contribution in [3.8, 4) is 0 Å². The molecule has 1 amide bonds. The molecule has 1 aromatic heterocycles. The number of hydrogen-bond donors (Lipinski definition) is 2. The number of carbonyl (C=O) groups is 2. The first-order chi connectivity index (χ1) is 9.51. The van der Waals surface area contributed by atoms with E-state index in [0.29, 0.717) is 18.7 Å². The van der Waals surface area contributed by atoms with Crippen molar-refractivity contribution in [2.45, 2.75) is 32.6 Å². The summed E-state index contributed by atoms with van der Waals surface area (Å²) < 4.78 is 4.55.